The van der Waals surface area contributed by atoms with Gasteiger partial charge in [-0.05, 0) is 98.5 Å². The van der Waals surface area contributed by atoms with Crippen LogP contribution in [0.1, 0.15) is 80.1 Å². The van der Waals surface area contributed by atoms with Crippen molar-refractivity contribution in [3.8, 4) is 22.3 Å². The fraction of sp³-hybridized carbons (Fsp3) is 0.208. The molecule has 0 aliphatic rings. The number of hydrogen-bond donors (Lipinski definition) is 3. The number of rotatable bonds is 7. The van der Waals surface area contributed by atoms with Crippen LogP contribution in [0, 0.1) is 27.7 Å². The Morgan fingerprint density at radius 2 is 1.06 bits per heavy atom. The number of carboxylic acid groups (broad SMARTS) is 1. The summed E-state index contributed by atoms with van der Waals surface area (Å²) < 4.78 is 75.8. The zero-order chi connectivity index (χ0) is 50.5. The first-order valence-corrected chi connectivity index (χ1v) is 21.5. The maximum absolute atomic E-state index is 13.1. The lowest BCUT2D eigenvalue weighted by atomic mass is 9.98. The Labute approximate surface area is 400 Å². The van der Waals surface area contributed by atoms with Crippen molar-refractivity contribution in [2.75, 3.05) is 11.1 Å². The van der Waals surface area contributed by atoms with Crippen LogP contribution in [0.4, 0.5) is 37.7 Å². The van der Waals surface area contributed by atoms with Crippen LogP contribution in [0.25, 0.3) is 44.3 Å². The molecule has 0 radical (unpaired) electrons. The molecule has 0 saturated carbocycles. The van der Waals surface area contributed by atoms with Gasteiger partial charge >= 0.3 is 18.3 Å². The molecule has 6 heterocycles. The number of anilines is 2. The number of nitrogens with one attached hydrogen (secondary N) is 1. The van der Waals surface area contributed by atoms with E-state index in [2.05, 4.69) is 58.2 Å². The highest BCUT2D eigenvalue weighted by atomic mass is 35.5. The second-order valence-electron chi connectivity index (χ2n) is 15.2. The predicted octanol–water partition coefficient (Wildman–Crippen LogP) is 12.1. The number of nitrogen functional groups attached to an aromatic ring is 1. The van der Waals surface area contributed by atoms with Gasteiger partial charge < -0.3 is 16.2 Å². The fourth-order valence-corrected chi connectivity index (χ4v) is 7.41. The monoisotopic (exact) mass is 988 g/mol. The molecule has 8 rings (SSSR count). The lowest BCUT2D eigenvalue weighted by molar-refractivity contribution is -0.141. The number of fused-ring (bicyclic) bond motifs is 2. The average molecular weight is 990 g/mol. The zero-order valence-electron chi connectivity index (χ0n) is 37.4. The van der Waals surface area contributed by atoms with Gasteiger partial charge in [0.2, 0.25) is 0 Å². The molecule has 0 aliphatic carbocycles. The lowest BCUT2D eigenvalue weighted by Gasteiger charge is -2.14. The summed E-state index contributed by atoms with van der Waals surface area (Å²) in [5, 5.41) is 11.2. The van der Waals surface area contributed by atoms with Gasteiger partial charge in [0.25, 0.3) is 5.91 Å². The summed E-state index contributed by atoms with van der Waals surface area (Å²) in [6.45, 7) is 11.9. The van der Waals surface area contributed by atoms with Crippen LogP contribution in [-0.4, -0.2) is 56.9 Å². The molecule has 0 saturated heterocycles. The predicted molar refractivity (Wildman–Crippen MR) is 251 cm³/mol. The molecule has 21 heteroatoms. The van der Waals surface area contributed by atoms with E-state index in [0.29, 0.717) is 23.6 Å². The molecule has 13 nitrogen and oxygen atoms in total. The van der Waals surface area contributed by atoms with E-state index in [0.717, 1.165) is 98.1 Å². The number of carbonyl (C=O) groups excluding carboxylic acids is 1. The normalized spacial score (nSPS) is 11.4. The van der Waals surface area contributed by atoms with Crippen LogP contribution in [-0.2, 0) is 25.2 Å². The Morgan fingerprint density at radius 1 is 0.609 bits per heavy atom. The molecule has 0 bridgehead atoms. The van der Waals surface area contributed by atoms with E-state index in [1.54, 1.807) is 24.4 Å². The van der Waals surface area contributed by atoms with Crippen molar-refractivity contribution in [2.45, 2.75) is 66.7 Å². The molecule has 0 aliphatic heterocycles. The van der Waals surface area contributed by atoms with Gasteiger partial charge in [0, 0.05) is 82.3 Å². The number of carboxylic acids is 1. The van der Waals surface area contributed by atoms with E-state index in [1.165, 1.54) is 5.56 Å². The SMILES string of the molecule is CCc1ncc2cc(-c3cc(N)ccc3C)c(C)nc2n1.CCc1ncc2cc(-c3cc(NC(=O)c4ccnc(C(F)(F)F)c4Cl)ccc3C)c(C)nc2n1.O=C(O)c1ccnc(C(F)(F)F)c1Cl. The van der Waals surface area contributed by atoms with E-state index < -0.39 is 51.2 Å². The summed E-state index contributed by atoms with van der Waals surface area (Å²) in [5.41, 5.74) is 12.4. The van der Waals surface area contributed by atoms with Crippen molar-refractivity contribution < 1.29 is 41.0 Å². The number of nitrogens with two attached hydrogens (primary N) is 1. The van der Waals surface area contributed by atoms with Crippen molar-refractivity contribution in [1.29, 1.82) is 0 Å². The van der Waals surface area contributed by atoms with E-state index >= 15 is 0 Å². The number of hydrogen-bond acceptors (Lipinski definition) is 11. The van der Waals surface area contributed by atoms with Crippen LogP contribution in [0.2, 0.25) is 10.0 Å². The summed E-state index contributed by atoms with van der Waals surface area (Å²) in [6.07, 6.45) is -2.79. The second kappa shape index (κ2) is 20.9. The van der Waals surface area contributed by atoms with Crippen LogP contribution in [0.5, 0.6) is 0 Å². The maximum Gasteiger partial charge on any atom is 0.434 e. The standard InChI is InChI=1S/C24H19ClF3N5O.C17H18N4.C7H3ClF3NO2/c1-4-19-30-11-14-9-18(13(3)31-22(14)33-19)17-10-15(6-5-12(17)2)32-23(34)16-7-8-29-21(20(16)25)24(26,27)28;1-4-16-19-9-12-7-15(11(3)20-17(12)21-16)14-8-13(18)6-5-10(14)2;8-4-3(6(13)14)1-2-12-5(4)7(9,10)11/h5-11H,4H2,1-3H3,(H,32,34);5-9H,4,18H2,1-3H3;1-2H,(H,13,14). The van der Waals surface area contributed by atoms with Gasteiger partial charge in [-0.3, -0.25) is 14.8 Å². The first-order valence-electron chi connectivity index (χ1n) is 20.7. The number of alkyl halides is 6. The van der Waals surface area contributed by atoms with Gasteiger partial charge in [-0.15, -0.1) is 0 Å². The molecule has 6 aromatic heterocycles. The third-order valence-corrected chi connectivity index (χ3v) is 11.1. The number of halogens is 8. The summed E-state index contributed by atoms with van der Waals surface area (Å²) in [5.74, 6) is -0.775. The summed E-state index contributed by atoms with van der Waals surface area (Å²) in [4.78, 5) is 56.3. The van der Waals surface area contributed by atoms with Gasteiger partial charge in [0.15, 0.2) is 22.7 Å². The first kappa shape index (κ1) is 51.0. The molecular formula is C48H40Cl2F6N10O3. The molecule has 0 fully saturated rings. The summed E-state index contributed by atoms with van der Waals surface area (Å²) >= 11 is 11.1. The van der Waals surface area contributed by atoms with Gasteiger partial charge in [-0.2, -0.15) is 26.3 Å². The number of carbonyl (C=O) groups is 2. The molecule has 69 heavy (non-hydrogen) atoms. The molecule has 2 aromatic carbocycles. The number of benzene rings is 2. The fourth-order valence-electron chi connectivity index (χ4n) is 6.80. The Hall–Kier alpha value is -7.38. The first-order chi connectivity index (χ1) is 32.5. The Morgan fingerprint density at radius 3 is 1.52 bits per heavy atom. The van der Waals surface area contributed by atoms with Gasteiger partial charge in [-0.1, -0.05) is 49.2 Å². The Bertz CT molecular complexity index is 3260. The zero-order valence-corrected chi connectivity index (χ0v) is 39.0. The highest BCUT2D eigenvalue weighted by molar-refractivity contribution is 6.35. The van der Waals surface area contributed by atoms with Crippen LogP contribution in [0.3, 0.4) is 0 Å². The van der Waals surface area contributed by atoms with Gasteiger partial charge in [0.05, 0.1) is 21.2 Å². The van der Waals surface area contributed by atoms with Crippen LogP contribution in [0.15, 0.2) is 85.5 Å². The maximum atomic E-state index is 13.1. The molecule has 0 atom stereocenters. The molecule has 8 aromatic rings. The molecule has 1 amide bonds. The number of aryl methyl sites for hydroxylation is 6. The van der Waals surface area contributed by atoms with Gasteiger partial charge in [-0.25, -0.2) is 34.7 Å². The van der Waals surface area contributed by atoms with E-state index in [-0.39, 0.29) is 5.56 Å². The van der Waals surface area contributed by atoms with Crippen molar-refractivity contribution in [1.82, 2.24) is 39.9 Å². The topological polar surface area (TPSA) is 196 Å². The third-order valence-electron chi connectivity index (χ3n) is 10.4. The minimum Gasteiger partial charge on any atom is -0.478 e. The smallest absolute Gasteiger partial charge is 0.434 e. The Kier molecular flexibility index (Phi) is 15.4. The van der Waals surface area contributed by atoms with E-state index in [9.17, 15) is 35.9 Å². The summed E-state index contributed by atoms with van der Waals surface area (Å²) in [7, 11) is 0. The van der Waals surface area contributed by atoms with Gasteiger partial charge in [0.1, 0.15) is 11.6 Å². The number of amides is 1. The van der Waals surface area contributed by atoms with Crippen molar-refractivity contribution >= 4 is 68.5 Å². The molecule has 356 valence electrons. The quantitative estimate of drug-likeness (QED) is 0.101. The minimum absolute atomic E-state index is 0.321. The Balaban J connectivity index is 0.000000189. The van der Waals surface area contributed by atoms with E-state index in [4.69, 9.17) is 34.0 Å². The van der Waals surface area contributed by atoms with Crippen molar-refractivity contribution in [2.24, 2.45) is 0 Å². The number of aromatic nitrogens is 8. The summed E-state index contributed by atoms with van der Waals surface area (Å²) in [6, 6.07) is 17.2. The van der Waals surface area contributed by atoms with Crippen LogP contribution >= 0.6 is 23.2 Å². The molecule has 0 spiro atoms. The largest absolute Gasteiger partial charge is 0.478 e. The minimum atomic E-state index is -4.77. The highest BCUT2D eigenvalue weighted by Gasteiger charge is 2.38. The number of aromatic carboxylic acids is 1. The second-order valence-corrected chi connectivity index (χ2v) is 16.0. The molecular weight excluding hydrogens is 949 g/mol. The van der Waals surface area contributed by atoms with Crippen LogP contribution < -0.4 is 11.1 Å². The highest BCUT2D eigenvalue weighted by Crippen LogP contribution is 2.37. The molecule has 0 unspecified atom stereocenters. The van der Waals surface area contributed by atoms with E-state index in [1.807, 2.05) is 65.1 Å². The average Bonchev–Trinajstić information content (AvgIpc) is 3.29. The molecule has 4 N–H and O–H groups in total. The van der Waals surface area contributed by atoms with Crippen molar-refractivity contribution in [3.05, 3.63) is 152 Å². The number of pyridine rings is 4. The third kappa shape index (κ3) is 11.8. The van der Waals surface area contributed by atoms with Crippen molar-refractivity contribution in [3.63, 3.8) is 0 Å². The number of nitrogens with zero attached hydrogens (tertiary/aromatic N) is 8. The lowest BCUT2D eigenvalue weighted by Crippen LogP contribution is -2.16.